The van der Waals surface area contributed by atoms with Crippen molar-refractivity contribution in [3.05, 3.63) is 95.6 Å². The van der Waals surface area contributed by atoms with Gasteiger partial charge in [-0.15, -0.1) is 0 Å². The molecule has 0 atom stereocenters. The predicted octanol–water partition coefficient (Wildman–Crippen LogP) is 6.02. The van der Waals surface area contributed by atoms with Gasteiger partial charge in [-0.25, -0.2) is 9.78 Å². The predicted molar refractivity (Wildman–Crippen MR) is 122 cm³/mol. The third-order valence-corrected chi connectivity index (χ3v) is 5.09. The zero-order chi connectivity index (χ0) is 24.3. The van der Waals surface area contributed by atoms with Crippen molar-refractivity contribution in [3.8, 4) is 11.3 Å². The lowest BCUT2D eigenvalue weighted by Gasteiger charge is -2.11. The van der Waals surface area contributed by atoms with E-state index in [0.717, 1.165) is 23.3 Å². The van der Waals surface area contributed by atoms with Gasteiger partial charge in [0.25, 0.3) is 5.91 Å². The number of amides is 1. The van der Waals surface area contributed by atoms with Crippen LogP contribution in [0.25, 0.3) is 22.2 Å². The Hall–Kier alpha value is -4.20. The number of esters is 1. The lowest BCUT2D eigenvalue weighted by Crippen LogP contribution is -2.21. The van der Waals surface area contributed by atoms with Crippen molar-refractivity contribution in [2.75, 3.05) is 11.9 Å². The molecule has 1 heterocycles. The summed E-state index contributed by atoms with van der Waals surface area (Å²) in [6, 6.07) is 20.5. The standard InChI is InChI=1S/C26H19F3N2O3/c1-16-9-11-17(12-10-16)23-14-21(20-7-2-3-8-22(20)31-23)25(33)34-15-24(32)30-19-6-4-5-18(13-19)26(27,28)29/h2-14H,15H2,1H3,(H,30,32). The second-order valence-electron chi connectivity index (χ2n) is 7.64. The summed E-state index contributed by atoms with van der Waals surface area (Å²) in [6.45, 7) is 1.30. The molecule has 4 rings (SSSR count). The maximum Gasteiger partial charge on any atom is 0.416 e. The van der Waals surface area contributed by atoms with Crippen molar-refractivity contribution in [2.45, 2.75) is 13.1 Å². The van der Waals surface area contributed by atoms with E-state index in [4.69, 9.17) is 4.74 Å². The van der Waals surface area contributed by atoms with Crippen LogP contribution in [-0.4, -0.2) is 23.5 Å². The third-order valence-electron chi connectivity index (χ3n) is 5.09. The fraction of sp³-hybridized carbons (Fsp3) is 0.115. The van der Waals surface area contributed by atoms with Gasteiger partial charge in [-0.3, -0.25) is 4.79 Å². The summed E-state index contributed by atoms with van der Waals surface area (Å²) >= 11 is 0. The molecule has 0 unspecified atom stereocenters. The second kappa shape index (κ2) is 9.35. The molecular weight excluding hydrogens is 445 g/mol. The van der Waals surface area contributed by atoms with Gasteiger partial charge in [-0.05, 0) is 37.3 Å². The molecule has 0 saturated heterocycles. The van der Waals surface area contributed by atoms with Crippen LogP contribution in [0, 0.1) is 6.92 Å². The van der Waals surface area contributed by atoms with E-state index in [1.807, 2.05) is 31.2 Å². The quantitative estimate of drug-likeness (QED) is 0.367. The summed E-state index contributed by atoms with van der Waals surface area (Å²) < 4.78 is 43.8. The number of alkyl halides is 3. The summed E-state index contributed by atoms with van der Waals surface area (Å²) in [5, 5.41) is 2.87. The van der Waals surface area contributed by atoms with E-state index in [9.17, 15) is 22.8 Å². The average Bonchev–Trinajstić information content (AvgIpc) is 2.82. The van der Waals surface area contributed by atoms with Crippen molar-refractivity contribution < 1.29 is 27.5 Å². The maximum atomic E-state index is 12.9. The van der Waals surface area contributed by atoms with Crippen LogP contribution in [0.3, 0.4) is 0 Å². The monoisotopic (exact) mass is 464 g/mol. The number of anilines is 1. The Bertz CT molecular complexity index is 1370. The van der Waals surface area contributed by atoms with Gasteiger partial charge in [-0.2, -0.15) is 13.2 Å². The third kappa shape index (κ3) is 5.23. The first-order chi connectivity index (χ1) is 16.2. The van der Waals surface area contributed by atoms with Crippen LogP contribution >= 0.6 is 0 Å². The number of carbonyl (C=O) groups excluding carboxylic acids is 2. The fourth-order valence-corrected chi connectivity index (χ4v) is 3.40. The number of halogens is 3. The Morgan fingerprint density at radius 3 is 2.41 bits per heavy atom. The summed E-state index contributed by atoms with van der Waals surface area (Å²) in [7, 11) is 0. The number of fused-ring (bicyclic) bond motifs is 1. The molecule has 0 bridgehead atoms. The highest BCUT2D eigenvalue weighted by molar-refractivity contribution is 6.05. The highest BCUT2D eigenvalue weighted by Gasteiger charge is 2.30. The Morgan fingerprint density at radius 1 is 0.941 bits per heavy atom. The molecule has 3 aromatic carbocycles. The summed E-state index contributed by atoms with van der Waals surface area (Å²) in [5.41, 5.74) is 2.33. The SMILES string of the molecule is Cc1ccc(-c2cc(C(=O)OCC(=O)Nc3cccc(C(F)(F)F)c3)c3ccccc3n2)cc1. The van der Waals surface area contributed by atoms with Gasteiger partial charge < -0.3 is 10.1 Å². The number of aromatic nitrogens is 1. The number of nitrogens with one attached hydrogen (secondary N) is 1. The summed E-state index contributed by atoms with van der Waals surface area (Å²) in [5.74, 6) is -1.50. The molecule has 0 radical (unpaired) electrons. The molecule has 34 heavy (non-hydrogen) atoms. The molecule has 1 N–H and O–H groups in total. The molecule has 0 fully saturated rings. The molecule has 0 aliphatic rings. The summed E-state index contributed by atoms with van der Waals surface area (Å²) in [4.78, 5) is 29.7. The number of aryl methyl sites for hydroxylation is 1. The number of hydrogen-bond donors (Lipinski definition) is 1. The van der Waals surface area contributed by atoms with E-state index >= 15 is 0 Å². The van der Waals surface area contributed by atoms with Crippen molar-refractivity contribution in [1.29, 1.82) is 0 Å². The molecule has 1 amide bonds. The van der Waals surface area contributed by atoms with Crippen LogP contribution in [0.2, 0.25) is 0 Å². The van der Waals surface area contributed by atoms with Crippen molar-refractivity contribution in [2.24, 2.45) is 0 Å². The minimum absolute atomic E-state index is 0.0492. The van der Waals surface area contributed by atoms with Crippen LogP contribution in [0.5, 0.6) is 0 Å². The molecule has 4 aromatic rings. The number of rotatable bonds is 5. The molecular formula is C26H19F3N2O3. The van der Waals surface area contributed by atoms with Gasteiger partial charge in [0.1, 0.15) is 0 Å². The van der Waals surface area contributed by atoms with Gasteiger partial charge in [0, 0.05) is 16.6 Å². The topological polar surface area (TPSA) is 68.3 Å². The minimum atomic E-state index is -4.54. The van der Waals surface area contributed by atoms with E-state index in [1.165, 1.54) is 12.1 Å². The zero-order valence-corrected chi connectivity index (χ0v) is 18.0. The number of ether oxygens (including phenoxy) is 1. The van der Waals surface area contributed by atoms with Crippen LogP contribution in [0.1, 0.15) is 21.5 Å². The number of para-hydroxylation sites is 1. The van der Waals surface area contributed by atoms with Crippen molar-refractivity contribution in [3.63, 3.8) is 0 Å². The fourth-order valence-electron chi connectivity index (χ4n) is 3.40. The van der Waals surface area contributed by atoms with Crippen LogP contribution in [-0.2, 0) is 15.7 Å². The number of hydrogen-bond acceptors (Lipinski definition) is 4. The first-order valence-electron chi connectivity index (χ1n) is 10.3. The van der Waals surface area contributed by atoms with E-state index < -0.39 is 30.2 Å². The van der Waals surface area contributed by atoms with Crippen molar-refractivity contribution in [1.82, 2.24) is 4.98 Å². The molecule has 8 heteroatoms. The normalized spacial score (nSPS) is 11.3. The zero-order valence-electron chi connectivity index (χ0n) is 18.0. The number of carbonyl (C=O) groups is 2. The molecule has 5 nitrogen and oxygen atoms in total. The molecule has 0 spiro atoms. The Balaban J connectivity index is 1.53. The average molecular weight is 464 g/mol. The lowest BCUT2D eigenvalue weighted by molar-refractivity contribution is -0.137. The highest BCUT2D eigenvalue weighted by Crippen LogP contribution is 2.30. The summed E-state index contributed by atoms with van der Waals surface area (Å²) in [6.07, 6.45) is -4.54. The largest absolute Gasteiger partial charge is 0.452 e. The Labute approximate surface area is 193 Å². The van der Waals surface area contributed by atoms with Crippen LogP contribution < -0.4 is 5.32 Å². The van der Waals surface area contributed by atoms with E-state index in [-0.39, 0.29) is 11.3 Å². The van der Waals surface area contributed by atoms with Crippen LogP contribution in [0.15, 0.2) is 78.9 Å². The van der Waals surface area contributed by atoms with E-state index in [2.05, 4.69) is 10.3 Å². The maximum absolute atomic E-state index is 12.9. The first kappa shape index (κ1) is 23.0. The van der Waals surface area contributed by atoms with Gasteiger partial charge in [-0.1, -0.05) is 54.1 Å². The molecule has 0 aliphatic heterocycles. The first-order valence-corrected chi connectivity index (χ1v) is 10.3. The molecule has 0 aliphatic carbocycles. The van der Waals surface area contributed by atoms with E-state index in [0.29, 0.717) is 16.6 Å². The second-order valence-corrected chi connectivity index (χ2v) is 7.64. The molecule has 172 valence electrons. The number of nitrogens with zero attached hydrogens (tertiary/aromatic N) is 1. The number of benzene rings is 3. The highest BCUT2D eigenvalue weighted by atomic mass is 19.4. The number of pyridine rings is 1. The smallest absolute Gasteiger partial charge is 0.416 e. The molecule has 0 saturated carbocycles. The van der Waals surface area contributed by atoms with Gasteiger partial charge in [0.05, 0.1) is 22.3 Å². The Morgan fingerprint density at radius 2 is 1.68 bits per heavy atom. The van der Waals surface area contributed by atoms with Crippen LogP contribution in [0.4, 0.5) is 18.9 Å². The van der Waals surface area contributed by atoms with Crippen molar-refractivity contribution >= 4 is 28.5 Å². The van der Waals surface area contributed by atoms with Gasteiger partial charge >= 0.3 is 12.1 Å². The lowest BCUT2D eigenvalue weighted by atomic mass is 10.0. The van der Waals surface area contributed by atoms with Gasteiger partial charge in [0.2, 0.25) is 0 Å². The van der Waals surface area contributed by atoms with Gasteiger partial charge in [0.15, 0.2) is 6.61 Å². The molecule has 1 aromatic heterocycles. The van der Waals surface area contributed by atoms with E-state index in [1.54, 1.807) is 30.3 Å². The minimum Gasteiger partial charge on any atom is -0.452 e. The Kier molecular flexibility index (Phi) is 6.32.